The summed E-state index contributed by atoms with van der Waals surface area (Å²) in [7, 11) is 0. The van der Waals surface area contributed by atoms with Gasteiger partial charge in [-0.2, -0.15) is 0 Å². The lowest BCUT2D eigenvalue weighted by atomic mass is 9.98. The van der Waals surface area contributed by atoms with Gasteiger partial charge in [-0.1, -0.05) is 47.0 Å². The van der Waals surface area contributed by atoms with Gasteiger partial charge in [0.05, 0.1) is 12.0 Å². The van der Waals surface area contributed by atoms with E-state index < -0.39 is 0 Å². The molecule has 1 aliphatic rings. The standard InChI is InChI=1S/C13H17BrOS/c14-11-6-8-13(9-7-11)16-10-15-12-4-2-1-3-5-12/h6-9,12H,1-5,10H2. The first-order chi connectivity index (χ1) is 7.84. The summed E-state index contributed by atoms with van der Waals surface area (Å²) in [5.74, 6) is 0.784. The first-order valence-corrected chi connectivity index (χ1v) is 7.62. The van der Waals surface area contributed by atoms with E-state index in [1.54, 1.807) is 11.8 Å². The average Bonchev–Trinajstić information content (AvgIpc) is 2.33. The van der Waals surface area contributed by atoms with Crippen LogP contribution >= 0.6 is 27.7 Å². The molecule has 0 atom stereocenters. The maximum atomic E-state index is 5.87. The van der Waals surface area contributed by atoms with Crippen LogP contribution in [0.2, 0.25) is 0 Å². The second kappa shape index (κ2) is 6.67. The molecule has 0 unspecified atom stereocenters. The summed E-state index contributed by atoms with van der Waals surface area (Å²) in [6, 6.07) is 8.39. The number of benzene rings is 1. The van der Waals surface area contributed by atoms with Crippen LogP contribution in [0.25, 0.3) is 0 Å². The molecule has 0 radical (unpaired) electrons. The molecule has 88 valence electrons. The highest BCUT2D eigenvalue weighted by Crippen LogP contribution is 2.24. The summed E-state index contributed by atoms with van der Waals surface area (Å²) >= 11 is 5.22. The van der Waals surface area contributed by atoms with Crippen LogP contribution in [0, 0.1) is 0 Å². The molecule has 0 heterocycles. The van der Waals surface area contributed by atoms with Crippen molar-refractivity contribution in [3.05, 3.63) is 28.7 Å². The van der Waals surface area contributed by atoms with Gasteiger partial charge >= 0.3 is 0 Å². The van der Waals surface area contributed by atoms with Crippen LogP contribution in [-0.2, 0) is 4.74 Å². The van der Waals surface area contributed by atoms with Crippen molar-refractivity contribution >= 4 is 27.7 Å². The van der Waals surface area contributed by atoms with Gasteiger partial charge in [-0.3, -0.25) is 0 Å². The maximum Gasteiger partial charge on any atom is 0.0970 e. The third kappa shape index (κ3) is 4.11. The average molecular weight is 301 g/mol. The fourth-order valence-corrected chi connectivity index (χ4v) is 2.95. The molecule has 1 saturated carbocycles. The second-order valence-corrected chi connectivity index (χ2v) is 6.05. The molecule has 1 aromatic carbocycles. The Balaban J connectivity index is 1.69. The van der Waals surface area contributed by atoms with E-state index in [4.69, 9.17) is 4.74 Å². The van der Waals surface area contributed by atoms with Crippen LogP contribution in [0.15, 0.2) is 33.6 Å². The summed E-state index contributed by atoms with van der Waals surface area (Å²) < 4.78 is 7.00. The van der Waals surface area contributed by atoms with Gasteiger partial charge in [0, 0.05) is 9.37 Å². The zero-order valence-electron chi connectivity index (χ0n) is 9.32. The van der Waals surface area contributed by atoms with E-state index >= 15 is 0 Å². The van der Waals surface area contributed by atoms with E-state index in [2.05, 4.69) is 40.2 Å². The second-order valence-electron chi connectivity index (χ2n) is 4.14. The number of rotatable bonds is 4. The van der Waals surface area contributed by atoms with Crippen LogP contribution < -0.4 is 0 Å². The third-order valence-corrected chi connectivity index (χ3v) is 4.28. The number of ether oxygens (including phenoxy) is 1. The molecule has 0 amide bonds. The van der Waals surface area contributed by atoms with Gasteiger partial charge in [-0.25, -0.2) is 0 Å². The highest BCUT2D eigenvalue weighted by atomic mass is 79.9. The van der Waals surface area contributed by atoms with Crippen molar-refractivity contribution in [1.29, 1.82) is 0 Å². The molecule has 0 aromatic heterocycles. The molecule has 0 spiro atoms. The zero-order valence-corrected chi connectivity index (χ0v) is 11.7. The molecular weight excluding hydrogens is 284 g/mol. The first-order valence-electron chi connectivity index (χ1n) is 5.84. The van der Waals surface area contributed by atoms with Crippen molar-refractivity contribution < 1.29 is 4.74 Å². The normalized spacial score (nSPS) is 17.6. The highest BCUT2D eigenvalue weighted by Gasteiger charge is 2.13. The molecule has 0 saturated heterocycles. The minimum absolute atomic E-state index is 0.511. The number of hydrogen-bond donors (Lipinski definition) is 0. The van der Waals surface area contributed by atoms with E-state index in [0.29, 0.717) is 6.10 Å². The Morgan fingerprint density at radius 3 is 2.50 bits per heavy atom. The van der Waals surface area contributed by atoms with Crippen molar-refractivity contribution in [1.82, 2.24) is 0 Å². The summed E-state index contributed by atoms with van der Waals surface area (Å²) in [5.41, 5.74) is 0. The topological polar surface area (TPSA) is 9.23 Å². The van der Waals surface area contributed by atoms with Gasteiger partial charge in [-0.15, -0.1) is 0 Å². The lowest BCUT2D eigenvalue weighted by molar-refractivity contribution is 0.0603. The molecule has 1 aliphatic carbocycles. The van der Waals surface area contributed by atoms with E-state index in [0.717, 1.165) is 10.4 Å². The van der Waals surface area contributed by atoms with Crippen molar-refractivity contribution in [2.24, 2.45) is 0 Å². The predicted molar refractivity (Wildman–Crippen MR) is 72.8 cm³/mol. The lowest BCUT2D eigenvalue weighted by Gasteiger charge is -2.21. The Labute approximate surface area is 110 Å². The van der Waals surface area contributed by atoms with E-state index in [-0.39, 0.29) is 0 Å². The van der Waals surface area contributed by atoms with Gasteiger partial charge in [0.2, 0.25) is 0 Å². The fraction of sp³-hybridized carbons (Fsp3) is 0.538. The van der Waals surface area contributed by atoms with Gasteiger partial charge in [0.1, 0.15) is 0 Å². The molecule has 1 fully saturated rings. The summed E-state index contributed by atoms with van der Waals surface area (Å²) in [4.78, 5) is 1.28. The lowest BCUT2D eigenvalue weighted by Crippen LogP contribution is -2.16. The molecule has 16 heavy (non-hydrogen) atoms. The third-order valence-electron chi connectivity index (χ3n) is 2.90. The van der Waals surface area contributed by atoms with Gasteiger partial charge in [0.25, 0.3) is 0 Å². The molecule has 1 aromatic rings. The summed E-state index contributed by atoms with van der Waals surface area (Å²) in [6.07, 6.45) is 7.08. The molecule has 0 aliphatic heterocycles. The quantitative estimate of drug-likeness (QED) is 0.581. The molecular formula is C13H17BrOS. The number of thioether (sulfide) groups is 1. The molecule has 3 heteroatoms. The Morgan fingerprint density at radius 1 is 1.12 bits per heavy atom. The van der Waals surface area contributed by atoms with Crippen molar-refractivity contribution in [3.63, 3.8) is 0 Å². The molecule has 1 nitrogen and oxygen atoms in total. The summed E-state index contributed by atoms with van der Waals surface area (Å²) in [6.45, 7) is 0. The molecule has 0 N–H and O–H groups in total. The number of hydrogen-bond acceptors (Lipinski definition) is 2. The highest BCUT2D eigenvalue weighted by molar-refractivity contribution is 9.10. The first kappa shape index (κ1) is 12.5. The fourth-order valence-electron chi connectivity index (χ4n) is 1.96. The smallest absolute Gasteiger partial charge is 0.0970 e. The largest absolute Gasteiger partial charge is 0.367 e. The van der Waals surface area contributed by atoms with E-state index in [9.17, 15) is 0 Å². The van der Waals surface area contributed by atoms with Crippen molar-refractivity contribution in [2.45, 2.75) is 43.1 Å². The van der Waals surface area contributed by atoms with Gasteiger partial charge < -0.3 is 4.74 Å². The Hall–Kier alpha value is 0.01000. The molecule has 0 bridgehead atoms. The van der Waals surface area contributed by atoms with Crippen LogP contribution in [-0.4, -0.2) is 12.0 Å². The Kier molecular flexibility index (Phi) is 5.20. The van der Waals surface area contributed by atoms with Crippen LogP contribution in [0.1, 0.15) is 32.1 Å². The SMILES string of the molecule is Brc1ccc(SCOC2CCCCC2)cc1. The van der Waals surface area contributed by atoms with Gasteiger partial charge in [0.15, 0.2) is 0 Å². The predicted octanol–water partition coefficient (Wildman–Crippen LogP) is 4.85. The van der Waals surface area contributed by atoms with Crippen LogP contribution in [0.3, 0.4) is 0 Å². The zero-order chi connectivity index (χ0) is 11.2. The minimum Gasteiger partial charge on any atom is -0.367 e. The number of halogens is 1. The monoisotopic (exact) mass is 300 g/mol. The van der Waals surface area contributed by atoms with Crippen molar-refractivity contribution in [2.75, 3.05) is 5.94 Å². The van der Waals surface area contributed by atoms with E-state index in [1.165, 1.54) is 37.0 Å². The van der Waals surface area contributed by atoms with Crippen molar-refractivity contribution in [3.8, 4) is 0 Å². The van der Waals surface area contributed by atoms with Crippen LogP contribution in [0.4, 0.5) is 0 Å². The van der Waals surface area contributed by atoms with E-state index in [1.807, 2.05) is 0 Å². The van der Waals surface area contributed by atoms with Gasteiger partial charge in [-0.05, 0) is 37.1 Å². The van der Waals surface area contributed by atoms with Crippen LogP contribution in [0.5, 0.6) is 0 Å². The minimum atomic E-state index is 0.511. The summed E-state index contributed by atoms with van der Waals surface area (Å²) in [5, 5.41) is 0. The maximum absolute atomic E-state index is 5.87. The Morgan fingerprint density at radius 2 is 1.81 bits per heavy atom. The molecule has 2 rings (SSSR count). The Bertz CT molecular complexity index is 306.